The van der Waals surface area contributed by atoms with Crippen LogP contribution in [0.1, 0.15) is 6.42 Å². The normalized spacial score (nSPS) is 28.6. The van der Waals surface area contributed by atoms with Crippen LogP contribution in [-0.4, -0.2) is 63.5 Å². The fourth-order valence-electron chi connectivity index (χ4n) is 2.20. The molecule has 2 heterocycles. The molecule has 0 aliphatic carbocycles. The molecule has 10 nitrogen and oxygen atoms in total. The number of aromatic amines is 1. The van der Waals surface area contributed by atoms with E-state index < -0.39 is 30.1 Å². The van der Waals surface area contributed by atoms with Crippen LogP contribution in [0, 0.1) is 0 Å². The van der Waals surface area contributed by atoms with Gasteiger partial charge in [-0.05, 0) is 6.42 Å². The largest absolute Gasteiger partial charge is 0.396 e. The maximum absolute atomic E-state index is 11.7. The van der Waals surface area contributed by atoms with Crippen molar-refractivity contribution in [1.29, 1.82) is 0 Å². The number of nitrogens with two attached hydrogens (primary N) is 1. The number of aromatic nitrogens is 2. The van der Waals surface area contributed by atoms with Crippen molar-refractivity contribution >= 4 is 17.5 Å². The Kier molecular flexibility index (Phi) is 4.63. The highest BCUT2D eigenvalue weighted by Crippen LogP contribution is 2.26. The molecule has 4 unspecified atom stereocenters. The molecule has 1 fully saturated rings. The monoisotopic (exact) mass is 301 g/mol. The Morgan fingerprint density at radius 3 is 2.76 bits per heavy atom. The van der Waals surface area contributed by atoms with Crippen molar-refractivity contribution in [2.45, 2.75) is 31.0 Å². The summed E-state index contributed by atoms with van der Waals surface area (Å²) >= 11 is 0. The van der Waals surface area contributed by atoms with Gasteiger partial charge < -0.3 is 36.4 Å². The third kappa shape index (κ3) is 3.08. The number of H-pyrrole nitrogens is 1. The number of nitrogens with zero attached hydrogens (tertiary/aromatic N) is 1. The Balaban J connectivity index is 2.21. The Bertz CT molecular complexity index is 550. The molecule has 1 aromatic rings. The van der Waals surface area contributed by atoms with Crippen molar-refractivity contribution in [2.24, 2.45) is 0 Å². The van der Waals surface area contributed by atoms with Crippen LogP contribution in [0.5, 0.6) is 0 Å². The first-order valence-electron chi connectivity index (χ1n) is 6.44. The second kappa shape index (κ2) is 6.26. The standard InChI is InChI=1S/C11H19N5O5/c1-13-5-8(15-11(12)16-9(5)20)14-10-7(19)6(18)4(21-10)2-3-17/h4,6-7,10,13,17-19H,2-3H2,1H3,(H4,12,14,15,16,20). The van der Waals surface area contributed by atoms with E-state index in [1.807, 2.05) is 0 Å². The summed E-state index contributed by atoms with van der Waals surface area (Å²) < 4.78 is 5.42. The van der Waals surface area contributed by atoms with Gasteiger partial charge in [-0.1, -0.05) is 0 Å². The highest BCUT2D eigenvalue weighted by atomic mass is 16.6. The number of hydrogen-bond donors (Lipinski definition) is 7. The Hall–Kier alpha value is -1.88. The third-order valence-corrected chi connectivity index (χ3v) is 3.24. The number of nitrogens with one attached hydrogen (secondary N) is 3. The van der Waals surface area contributed by atoms with Gasteiger partial charge in [0.25, 0.3) is 5.56 Å². The molecule has 4 atom stereocenters. The van der Waals surface area contributed by atoms with E-state index in [-0.39, 0.29) is 30.5 Å². The van der Waals surface area contributed by atoms with E-state index in [0.717, 1.165) is 0 Å². The van der Waals surface area contributed by atoms with Gasteiger partial charge in [-0.2, -0.15) is 4.98 Å². The van der Waals surface area contributed by atoms with Crippen molar-refractivity contribution in [3.63, 3.8) is 0 Å². The first kappa shape index (κ1) is 15.5. The van der Waals surface area contributed by atoms with Crippen LogP contribution in [0.25, 0.3) is 0 Å². The fraction of sp³-hybridized carbons (Fsp3) is 0.636. The van der Waals surface area contributed by atoms with Crippen molar-refractivity contribution in [3.05, 3.63) is 10.4 Å². The molecule has 0 radical (unpaired) electrons. The second-order valence-corrected chi connectivity index (χ2v) is 4.66. The maximum Gasteiger partial charge on any atom is 0.277 e. The van der Waals surface area contributed by atoms with E-state index in [0.29, 0.717) is 0 Å². The lowest BCUT2D eigenvalue weighted by atomic mass is 10.1. The van der Waals surface area contributed by atoms with Crippen LogP contribution in [0.4, 0.5) is 17.5 Å². The number of ether oxygens (including phenoxy) is 1. The number of anilines is 3. The molecule has 8 N–H and O–H groups in total. The van der Waals surface area contributed by atoms with Crippen molar-refractivity contribution in [3.8, 4) is 0 Å². The second-order valence-electron chi connectivity index (χ2n) is 4.66. The van der Waals surface area contributed by atoms with Gasteiger partial charge in [0, 0.05) is 13.7 Å². The van der Waals surface area contributed by atoms with Crippen LogP contribution in [0.2, 0.25) is 0 Å². The van der Waals surface area contributed by atoms with E-state index in [1.54, 1.807) is 0 Å². The zero-order valence-corrected chi connectivity index (χ0v) is 11.4. The molecule has 118 valence electrons. The van der Waals surface area contributed by atoms with Gasteiger partial charge in [0.1, 0.15) is 17.9 Å². The Morgan fingerprint density at radius 1 is 1.43 bits per heavy atom. The van der Waals surface area contributed by atoms with E-state index in [1.165, 1.54) is 7.05 Å². The summed E-state index contributed by atoms with van der Waals surface area (Å²) in [6.45, 7) is -0.181. The SMILES string of the molecule is CNc1c(NC2OC(CCO)C(O)C2O)nc(N)[nH]c1=O. The molecule has 1 aromatic heterocycles. The molecule has 2 rings (SSSR count). The summed E-state index contributed by atoms with van der Waals surface area (Å²) in [6.07, 6.45) is -3.88. The minimum absolute atomic E-state index is 0.0959. The Labute approximate surface area is 120 Å². The summed E-state index contributed by atoms with van der Waals surface area (Å²) in [7, 11) is 1.53. The number of hydrogen-bond acceptors (Lipinski definition) is 9. The summed E-state index contributed by atoms with van der Waals surface area (Å²) in [5.74, 6) is 0.00101. The zero-order valence-electron chi connectivity index (χ0n) is 11.4. The van der Waals surface area contributed by atoms with Crippen LogP contribution in [0.15, 0.2) is 4.79 Å². The highest BCUT2D eigenvalue weighted by molar-refractivity contribution is 5.64. The number of rotatable bonds is 5. The predicted octanol–water partition coefficient (Wildman–Crippen LogP) is -2.37. The Morgan fingerprint density at radius 2 is 2.14 bits per heavy atom. The molecule has 0 aromatic carbocycles. The van der Waals surface area contributed by atoms with Crippen molar-refractivity contribution in [2.75, 3.05) is 30.0 Å². The topological polar surface area (TPSA) is 166 Å². The van der Waals surface area contributed by atoms with Crippen molar-refractivity contribution < 1.29 is 20.1 Å². The van der Waals surface area contributed by atoms with Crippen molar-refractivity contribution in [1.82, 2.24) is 9.97 Å². The average molecular weight is 301 g/mol. The fourth-order valence-corrected chi connectivity index (χ4v) is 2.20. The first-order valence-corrected chi connectivity index (χ1v) is 6.44. The number of nitrogen functional groups attached to an aromatic ring is 1. The minimum atomic E-state index is -1.23. The van der Waals surface area contributed by atoms with Gasteiger partial charge in [0.15, 0.2) is 12.0 Å². The lowest BCUT2D eigenvalue weighted by Crippen LogP contribution is -2.37. The number of aliphatic hydroxyl groups is 3. The predicted molar refractivity (Wildman–Crippen MR) is 74.8 cm³/mol. The molecule has 21 heavy (non-hydrogen) atoms. The molecule has 0 amide bonds. The van der Waals surface area contributed by atoms with Gasteiger partial charge in [0.05, 0.1) is 6.10 Å². The highest BCUT2D eigenvalue weighted by Gasteiger charge is 2.42. The van der Waals surface area contributed by atoms with E-state index in [4.69, 9.17) is 15.6 Å². The molecular weight excluding hydrogens is 282 g/mol. The van der Waals surface area contributed by atoms with Gasteiger partial charge in [0.2, 0.25) is 5.95 Å². The van der Waals surface area contributed by atoms with Crippen LogP contribution >= 0.6 is 0 Å². The van der Waals surface area contributed by atoms with E-state index in [2.05, 4.69) is 20.6 Å². The van der Waals surface area contributed by atoms with Gasteiger partial charge in [-0.3, -0.25) is 9.78 Å². The molecule has 1 saturated heterocycles. The maximum atomic E-state index is 11.7. The molecule has 0 bridgehead atoms. The molecule has 1 aliphatic heterocycles. The van der Waals surface area contributed by atoms with E-state index >= 15 is 0 Å². The average Bonchev–Trinajstić information content (AvgIpc) is 2.67. The smallest absolute Gasteiger partial charge is 0.277 e. The molecule has 1 aliphatic rings. The quantitative estimate of drug-likeness (QED) is 0.314. The summed E-state index contributed by atoms with van der Waals surface area (Å²) in [5, 5.41) is 34.0. The van der Waals surface area contributed by atoms with Crippen LogP contribution in [0.3, 0.4) is 0 Å². The first-order chi connectivity index (χ1) is 9.97. The van der Waals surface area contributed by atoms with Crippen LogP contribution < -0.4 is 21.9 Å². The number of aliphatic hydroxyl groups excluding tert-OH is 3. The van der Waals surface area contributed by atoms with Gasteiger partial charge in [-0.25, -0.2) is 0 Å². The lowest BCUT2D eigenvalue weighted by Gasteiger charge is -2.18. The zero-order chi connectivity index (χ0) is 15.6. The summed E-state index contributed by atoms with van der Waals surface area (Å²) in [6, 6.07) is 0. The van der Waals surface area contributed by atoms with E-state index in [9.17, 15) is 15.0 Å². The summed E-state index contributed by atoms with van der Waals surface area (Å²) in [5.41, 5.74) is 5.12. The van der Waals surface area contributed by atoms with Gasteiger partial charge >= 0.3 is 0 Å². The van der Waals surface area contributed by atoms with Gasteiger partial charge in [-0.15, -0.1) is 0 Å². The summed E-state index contributed by atoms with van der Waals surface area (Å²) in [4.78, 5) is 18.0. The van der Waals surface area contributed by atoms with Crippen LogP contribution in [-0.2, 0) is 4.74 Å². The third-order valence-electron chi connectivity index (χ3n) is 3.24. The minimum Gasteiger partial charge on any atom is -0.396 e. The molecule has 10 heteroatoms. The molecule has 0 spiro atoms. The molecule has 0 saturated carbocycles. The lowest BCUT2D eigenvalue weighted by molar-refractivity contribution is 0.00427. The molecular formula is C11H19N5O5.